The number of hydrogen-bond acceptors (Lipinski definition) is 4. The van der Waals surface area contributed by atoms with Crippen LogP contribution in [-0.2, 0) is 0 Å². The minimum absolute atomic E-state index is 0.00699. The number of carbonyl (C=O) groups excluding carboxylic acids is 1. The number of likely N-dealkylation sites (tertiary alicyclic amines) is 1. The maximum atomic E-state index is 12.6. The average molecular weight is 301 g/mol. The number of benzene rings is 1. The first-order valence-corrected chi connectivity index (χ1v) is 7.29. The Bertz CT molecular complexity index is 651. The largest absolute Gasteiger partial charge is 0.497 e. The molecule has 3 rings (SSSR count). The predicted molar refractivity (Wildman–Crippen MR) is 81.3 cm³/mol. The van der Waals surface area contributed by atoms with Gasteiger partial charge in [0.2, 0.25) is 0 Å². The Morgan fingerprint density at radius 1 is 1.27 bits per heavy atom. The first-order valence-electron chi connectivity index (χ1n) is 7.29. The first-order chi connectivity index (χ1) is 10.7. The highest BCUT2D eigenvalue weighted by molar-refractivity contribution is 5.94. The number of carbonyl (C=O) groups is 1. The van der Waals surface area contributed by atoms with Gasteiger partial charge < -0.3 is 18.8 Å². The van der Waals surface area contributed by atoms with Crippen LogP contribution in [-0.4, -0.2) is 31.6 Å². The molecule has 0 spiro atoms. The fraction of sp³-hybridized carbons (Fsp3) is 0.353. The summed E-state index contributed by atoms with van der Waals surface area (Å²) < 4.78 is 15.8. The summed E-state index contributed by atoms with van der Waals surface area (Å²) in [6.07, 6.45) is 4.88. The van der Waals surface area contributed by atoms with Gasteiger partial charge in [-0.15, -0.1) is 0 Å². The minimum atomic E-state index is -0.0128. The quantitative estimate of drug-likeness (QED) is 0.869. The lowest BCUT2D eigenvalue weighted by Gasteiger charge is -2.26. The van der Waals surface area contributed by atoms with E-state index in [0.717, 1.165) is 36.4 Å². The van der Waals surface area contributed by atoms with E-state index in [0.29, 0.717) is 5.56 Å². The third kappa shape index (κ3) is 2.54. The summed E-state index contributed by atoms with van der Waals surface area (Å²) in [5, 5.41) is 0. The van der Waals surface area contributed by atoms with Crippen LogP contribution < -0.4 is 9.47 Å². The Morgan fingerprint density at radius 2 is 2.14 bits per heavy atom. The van der Waals surface area contributed by atoms with Gasteiger partial charge in [0.1, 0.15) is 17.8 Å². The topological polar surface area (TPSA) is 51.9 Å². The maximum absolute atomic E-state index is 12.6. The van der Waals surface area contributed by atoms with Crippen LogP contribution in [0.1, 0.15) is 34.8 Å². The number of methoxy groups -OCH3 is 2. The molecule has 1 aromatic carbocycles. The molecule has 0 N–H and O–H groups in total. The van der Waals surface area contributed by atoms with E-state index in [4.69, 9.17) is 13.9 Å². The lowest BCUT2D eigenvalue weighted by Crippen LogP contribution is -2.30. The number of amides is 1. The van der Waals surface area contributed by atoms with E-state index in [9.17, 15) is 4.79 Å². The Morgan fingerprint density at radius 3 is 2.82 bits per heavy atom. The van der Waals surface area contributed by atoms with E-state index in [1.165, 1.54) is 12.5 Å². The number of ether oxygens (including phenoxy) is 2. The third-order valence-corrected chi connectivity index (χ3v) is 4.08. The van der Waals surface area contributed by atoms with Crippen LogP contribution in [0.25, 0.3) is 0 Å². The molecule has 2 heterocycles. The van der Waals surface area contributed by atoms with Gasteiger partial charge in [0.15, 0.2) is 0 Å². The molecule has 5 nitrogen and oxygen atoms in total. The Labute approximate surface area is 129 Å². The zero-order chi connectivity index (χ0) is 15.5. The zero-order valence-corrected chi connectivity index (χ0v) is 12.7. The first kappa shape index (κ1) is 14.5. The van der Waals surface area contributed by atoms with Crippen LogP contribution in [0.2, 0.25) is 0 Å². The summed E-state index contributed by atoms with van der Waals surface area (Å²) in [4.78, 5) is 14.5. The summed E-state index contributed by atoms with van der Waals surface area (Å²) in [7, 11) is 3.27. The molecule has 1 aliphatic rings. The summed E-state index contributed by atoms with van der Waals surface area (Å²) in [6.45, 7) is 0.731. The van der Waals surface area contributed by atoms with Gasteiger partial charge in [0, 0.05) is 12.1 Å². The molecule has 1 amide bonds. The molecule has 0 aliphatic carbocycles. The zero-order valence-electron chi connectivity index (χ0n) is 12.7. The van der Waals surface area contributed by atoms with Crippen LogP contribution >= 0.6 is 0 Å². The van der Waals surface area contributed by atoms with Crippen LogP contribution in [0.15, 0.2) is 41.2 Å². The van der Waals surface area contributed by atoms with Gasteiger partial charge in [-0.3, -0.25) is 4.79 Å². The van der Waals surface area contributed by atoms with Gasteiger partial charge in [-0.1, -0.05) is 0 Å². The summed E-state index contributed by atoms with van der Waals surface area (Å²) in [5.41, 5.74) is 1.56. The molecule has 1 aromatic heterocycles. The third-order valence-electron chi connectivity index (χ3n) is 4.08. The second-order valence-corrected chi connectivity index (χ2v) is 5.28. The van der Waals surface area contributed by atoms with E-state index in [-0.39, 0.29) is 11.9 Å². The van der Waals surface area contributed by atoms with E-state index >= 15 is 0 Å². The fourth-order valence-corrected chi connectivity index (χ4v) is 2.98. The van der Waals surface area contributed by atoms with E-state index in [1.54, 1.807) is 20.3 Å². The molecule has 1 saturated heterocycles. The van der Waals surface area contributed by atoms with Crippen molar-refractivity contribution in [3.8, 4) is 11.5 Å². The van der Waals surface area contributed by atoms with E-state index < -0.39 is 0 Å². The van der Waals surface area contributed by atoms with Gasteiger partial charge in [0.25, 0.3) is 5.91 Å². The van der Waals surface area contributed by atoms with Crippen molar-refractivity contribution >= 4 is 5.91 Å². The molecular formula is C17H19NO4. The van der Waals surface area contributed by atoms with Crippen molar-refractivity contribution in [2.24, 2.45) is 0 Å². The molecule has 22 heavy (non-hydrogen) atoms. The molecule has 0 unspecified atom stereocenters. The molecule has 0 radical (unpaired) electrons. The number of rotatable bonds is 4. The van der Waals surface area contributed by atoms with Gasteiger partial charge in [-0.05, 0) is 37.1 Å². The maximum Gasteiger partial charge on any atom is 0.257 e. The fourth-order valence-electron chi connectivity index (χ4n) is 2.98. The second-order valence-electron chi connectivity index (χ2n) is 5.28. The van der Waals surface area contributed by atoms with Crippen molar-refractivity contribution in [2.45, 2.75) is 18.9 Å². The highest BCUT2D eigenvalue weighted by atomic mass is 16.5. The van der Waals surface area contributed by atoms with Crippen molar-refractivity contribution in [3.05, 3.63) is 47.9 Å². The van der Waals surface area contributed by atoms with Crippen molar-refractivity contribution in [2.75, 3.05) is 20.8 Å². The van der Waals surface area contributed by atoms with Crippen molar-refractivity contribution < 1.29 is 18.7 Å². The molecular weight excluding hydrogens is 282 g/mol. The van der Waals surface area contributed by atoms with Crippen LogP contribution in [0, 0.1) is 0 Å². The molecule has 1 fully saturated rings. The lowest BCUT2D eigenvalue weighted by atomic mass is 10.0. The monoisotopic (exact) mass is 301 g/mol. The standard InChI is InChI=1S/C17H19NO4/c1-20-13-5-6-16(21-2)14(10-13)15-4-3-8-18(15)17(19)12-7-9-22-11-12/h5-7,9-11,15H,3-4,8H2,1-2H3/t15-/m0/s1. The van der Waals surface area contributed by atoms with Gasteiger partial charge >= 0.3 is 0 Å². The molecule has 1 aliphatic heterocycles. The van der Waals surface area contributed by atoms with E-state index in [1.807, 2.05) is 23.1 Å². The molecule has 1 atom stereocenters. The van der Waals surface area contributed by atoms with Crippen LogP contribution in [0.4, 0.5) is 0 Å². The summed E-state index contributed by atoms with van der Waals surface area (Å²) in [5.74, 6) is 1.53. The molecule has 5 heteroatoms. The highest BCUT2D eigenvalue weighted by Gasteiger charge is 2.33. The minimum Gasteiger partial charge on any atom is -0.497 e. The number of nitrogens with zero attached hydrogens (tertiary/aromatic N) is 1. The van der Waals surface area contributed by atoms with Crippen molar-refractivity contribution in [3.63, 3.8) is 0 Å². The Balaban J connectivity index is 1.94. The highest BCUT2D eigenvalue weighted by Crippen LogP contribution is 2.39. The molecule has 116 valence electrons. The second kappa shape index (κ2) is 6.13. The number of hydrogen-bond donors (Lipinski definition) is 0. The molecule has 0 saturated carbocycles. The van der Waals surface area contributed by atoms with E-state index in [2.05, 4.69) is 0 Å². The smallest absolute Gasteiger partial charge is 0.257 e. The van der Waals surface area contributed by atoms with Gasteiger partial charge in [-0.2, -0.15) is 0 Å². The summed E-state index contributed by atoms with van der Waals surface area (Å²) in [6, 6.07) is 7.38. The van der Waals surface area contributed by atoms with Gasteiger partial charge in [-0.25, -0.2) is 0 Å². The number of furan rings is 1. The van der Waals surface area contributed by atoms with Crippen LogP contribution in [0.5, 0.6) is 11.5 Å². The SMILES string of the molecule is COc1ccc(OC)c([C@@H]2CCCN2C(=O)c2ccoc2)c1. The molecule has 2 aromatic rings. The van der Waals surface area contributed by atoms with Crippen molar-refractivity contribution in [1.29, 1.82) is 0 Å². The van der Waals surface area contributed by atoms with Crippen molar-refractivity contribution in [1.82, 2.24) is 4.90 Å². The Hall–Kier alpha value is -2.43. The Kier molecular flexibility index (Phi) is 4.04. The normalized spacial score (nSPS) is 17.5. The average Bonchev–Trinajstić information content (AvgIpc) is 3.24. The van der Waals surface area contributed by atoms with Crippen LogP contribution in [0.3, 0.4) is 0 Å². The summed E-state index contributed by atoms with van der Waals surface area (Å²) >= 11 is 0. The predicted octanol–water partition coefficient (Wildman–Crippen LogP) is 3.27. The lowest BCUT2D eigenvalue weighted by molar-refractivity contribution is 0.0733. The van der Waals surface area contributed by atoms with Gasteiger partial charge in [0.05, 0.1) is 32.1 Å². The molecule has 0 bridgehead atoms.